The van der Waals surface area contributed by atoms with Gasteiger partial charge in [0, 0.05) is 6.54 Å². The van der Waals surface area contributed by atoms with E-state index in [4.69, 9.17) is 4.74 Å². The van der Waals surface area contributed by atoms with E-state index in [2.05, 4.69) is 64.2 Å². The summed E-state index contributed by atoms with van der Waals surface area (Å²) in [5.74, 6) is 2.05. The number of likely N-dealkylation sites (N-methyl/N-ethyl adjacent to an activating group) is 1. The first kappa shape index (κ1) is 15.0. The number of hydrogen-bond acceptors (Lipinski definition) is 2. The molecular weight excluding hydrogens is 222 g/mol. The van der Waals surface area contributed by atoms with Gasteiger partial charge in [-0.1, -0.05) is 46.8 Å². The zero-order valence-electron chi connectivity index (χ0n) is 12.4. The summed E-state index contributed by atoms with van der Waals surface area (Å²) in [7, 11) is 0. The molecule has 0 radical (unpaired) electrons. The van der Waals surface area contributed by atoms with Crippen molar-refractivity contribution in [2.75, 3.05) is 13.1 Å². The largest absolute Gasteiger partial charge is 0.489 e. The minimum absolute atomic E-state index is 0.231. The predicted molar refractivity (Wildman–Crippen MR) is 78.3 cm³/mol. The van der Waals surface area contributed by atoms with Gasteiger partial charge in [-0.2, -0.15) is 0 Å². The molecule has 0 aromatic heterocycles. The predicted octanol–water partition coefficient (Wildman–Crippen LogP) is 3.82. The van der Waals surface area contributed by atoms with Crippen LogP contribution >= 0.6 is 0 Å². The average molecular weight is 249 g/mol. The molecule has 0 bridgehead atoms. The first-order valence-corrected chi connectivity index (χ1v) is 7.02. The van der Waals surface area contributed by atoms with Crippen LogP contribution in [-0.4, -0.2) is 19.2 Å². The molecule has 0 aliphatic carbocycles. The Labute approximate surface area is 112 Å². The Hall–Kier alpha value is -1.02. The van der Waals surface area contributed by atoms with Crippen molar-refractivity contribution in [3.63, 3.8) is 0 Å². The fourth-order valence-corrected chi connectivity index (χ4v) is 1.81. The third-order valence-corrected chi connectivity index (χ3v) is 3.17. The molecule has 1 aromatic carbocycles. The van der Waals surface area contributed by atoms with Crippen LogP contribution in [0, 0.1) is 5.92 Å². The molecule has 1 rings (SSSR count). The molecule has 1 unspecified atom stereocenters. The third-order valence-electron chi connectivity index (χ3n) is 3.17. The van der Waals surface area contributed by atoms with E-state index in [1.165, 1.54) is 5.56 Å². The van der Waals surface area contributed by atoms with E-state index in [0.29, 0.717) is 11.8 Å². The van der Waals surface area contributed by atoms with Gasteiger partial charge in [-0.05, 0) is 36.1 Å². The van der Waals surface area contributed by atoms with Gasteiger partial charge in [0.1, 0.15) is 11.9 Å². The van der Waals surface area contributed by atoms with Crippen molar-refractivity contribution in [3.05, 3.63) is 29.8 Å². The lowest BCUT2D eigenvalue weighted by Gasteiger charge is -2.23. The van der Waals surface area contributed by atoms with Crippen molar-refractivity contribution >= 4 is 0 Å². The van der Waals surface area contributed by atoms with Crippen LogP contribution in [0.25, 0.3) is 0 Å². The standard InChI is InChI=1S/C16H27NO/c1-6-17-11-16(13(4)5)18-15-9-7-14(8-10-15)12(2)3/h7-10,12-13,16-17H,6,11H2,1-5H3. The molecule has 0 amide bonds. The highest BCUT2D eigenvalue weighted by atomic mass is 16.5. The van der Waals surface area contributed by atoms with Gasteiger partial charge in [-0.25, -0.2) is 0 Å². The Kier molecular flexibility index (Phi) is 6.20. The average Bonchev–Trinajstić information content (AvgIpc) is 2.34. The minimum Gasteiger partial charge on any atom is -0.489 e. The monoisotopic (exact) mass is 249 g/mol. The normalized spacial score (nSPS) is 13.1. The summed E-state index contributed by atoms with van der Waals surface area (Å²) >= 11 is 0. The van der Waals surface area contributed by atoms with Gasteiger partial charge in [-0.3, -0.25) is 0 Å². The van der Waals surface area contributed by atoms with Gasteiger partial charge in [-0.15, -0.1) is 0 Å². The molecule has 0 saturated heterocycles. The Morgan fingerprint density at radius 2 is 1.67 bits per heavy atom. The molecule has 2 nitrogen and oxygen atoms in total. The van der Waals surface area contributed by atoms with Crippen LogP contribution in [0.5, 0.6) is 5.75 Å². The van der Waals surface area contributed by atoms with Gasteiger partial charge in [0.05, 0.1) is 0 Å². The first-order valence-electron chi connectivity index (χ1n) is 7.02. The fraction of sp³-hybridized carbons (Fsp3) is 0.625. The summed E-state index contributed by atoms with van der Waals surface area (Å²) in [6.45, 7) is 12.8. The quantitative estimate of drug-likeness (QED) is 0.793. The smallest absolute Gasteiger partial charge is 0.119 e. The molecule has 0 aliphatic heterocycles. The Balaban J connectivity index is 2.63. The maximum atomic E-state index is 6.05. The van der Waals surface area contributed by atoms with Crippen LogP contribution in [0.2, 0.25) is 0 Å². The lowest BCUT2D eigenvalue weighted by atomic mass is 10.0. The van der Waals surface area contributed by atoms with Crippen molar-refractivity contribution in [1.82, 2.24) is 5.32 Å². The topological polar surface area (TPSA) is 21.3 Å². The summed E-state index contributed by atoms with van der Waals surface area (Å²) in [6.07, 6.45) is 0.231. The van der Waals surface area contributed by atoms with Crippen LogP contribution in [0.1, 0.15) is 46.1 Å². The fourth-order valence-electron chi connectivity index (χ4n) is 1.81. The van der Waals surface area contributed by atoms with E-state index in [1.54, 1.807) is 0 Å². The first-order chi connectivity index (χ1) is 8.54. The molecule has 0 saturated carbocycles. The Morgan fingerprint density at radius 1 is 1.06 bits per heavy atom. The second kappa shape index (κ2) is 7.42. The molecule has 0 aliphatic rings. The summed E-state index contributed by atoms with van der Waals surface area (Å²) in [6, 6.07) is 8.47. The molecule has 0 spiro atoms. The molecule has 1 N–H and O–H groups in total. The molecule has 2 heteroatoms. The van der Waals surface area contributed by atoms with E-state index in [0.717, 1.165) is 18.8 Å². The van der Waals surface area contributed by atoms with Crippen molar-refractivity contribution in [2.24, 2.45) is 5.92 Å². The van der Waals surface area contributed by atoms with Gasteiger partial charge in [0.25, 0.3) is 0 Å². The molecule has 0 fully saturated rings. The van der Waals surface area contributed by atoms with Crippen LogP contribution < -0.4 is 10.1 Å². The molecular formula is C16H27NO. The second-order valence-corrected chi connectivity index (χ2v) is 5.43. The van der Waals surface area contributed by atoms with Crippen LogP contribution in [0.3, 0.4) is 0 Å². The zero-order chi connectivity index (χ0) is 13.5. The summed E-state index contributed by atoms with van der Waals surface area (Å²) in [5, 5.41) is 3.35. The number of nitrogens with one attached hydrogen (secondary N) is 1. The van der Waals surface area contributed by atoms with Crippen LogP contribution in [0.4, 0.5) is 0 Å². The van der Waals surface area contributed by atoms with E-state index >= 15 is 0 Å². The van der Waals surface area contributed by atoms with E-state index < -0.39 is 0 Å². The lowest BCUT2D eigenvalue weighted by molar-refractivity contribution is 0.149. The van der Waals surface area contributed by atoms with E-state index in [-0.39, 0.29) is 6.10 Å². The molecule has 102 valence electrons. The number of rotatable bonds is 7. The van der Waals surface area contributed by atoms with Crippen molar-refractivity contribution < 1.29 is 4.74 Å². The van der Waals surface area contributed by atoms with E-state index in [1.807, 2.05) is 0 Å². The number of hydrogen-bond donors (Lipinski definition) is 1. The summed E-state index contributed by atoms with van der Waals surface area (Å²) < 4.78 is 6.05. The van der Waals surface area contributed by atoms with Crippen LogP contribution in [0.15, 0.2) is 24.3 Å². The highest BCUT2D eigenvalue weighted by molar-refractivity contribution is 5.29. The maximum absolute atomic E-state index is 6.05. The highest BCUT2D eigenvalue weighted by Gasteiger charge is 2.14. The molecule has 1 atom stereocenters. The highest BCUT2D eigenvalue weighted by Crippen LogP contribution is 2.20. The SMILES string of the molecule is CCNCC(Oc1ccc(C(C)C)cc1)C(C)C. The zero-order valence-corrected chi connectivity index (χ0v) is 12.4. The van der Waals surface area contributed by atoms with Crippen molar-refractivity contribution in [3.8, 4) is 5.75 Å². The van der Waals surface area contributed by atoms with E-state index in [9.17, 15) is 0 Å². The Morgan fingerprint density at radius 3 is 2.11 bits per heavy atom. The maximum Gasteiger partial charge on any atom is 0.119 e. The third kappa shape index (κ3) is 4.69. The number of ether oxygens (including phenoxy) is 1. The molecule has 0 heterocycles. The lowest BCUT2D eigenvalue weighted by Crippen LogP contribution is -2.35. The van der Waals surface area contributed by atoms with Crippen LogP contribution in [-0.2, 0) is 0 Å². The number of benzene rings is 1. The van der Waals surface area contributed by atoms with Crippen molar-refractivity contribution in [1.29, 1.82) is 0 Å². The minimum atomic E-state index is 0.231. The summed E-state index contributed by atoms with van der Waals surface area (Å²) in [4.78, 5) is 0. The van der Waals surface area contributed by atoms with Gasteiger partial charge in [0.2, 0.25) is 0 Å². The second-order valence-electron chi connectivity index (χ2n) is 5.43. The van der Waals surface area contributed by atoms with Gasteiger partial charge >= 0.3 is 0 Å². The molecule has 18 heavy (non-hydrogen) atoms. The Bertz CT molecular complexity index is 329. The van der Waals surface area contributed by atoms with Gasteiger partial charge < -0.3 is 10.1 Å². The summed E-state index contributed by atoms with van der Waals surface area (Å²) in [5.41, 5.74) is 1.36. The van der Waals surface area contributed by atoms with Crippen molar-refractivity contribution in [2.45, 2.75) is 46.6 Å². The van der Waals surface area contributed by atoms with Gasteiger partial charge in [0.15, 0.2) is 0 Å². The molecule has 1 aromatic rings.